The average molecular weight is 682 g/mol. The first-order valence-electron chi connectivity index (χ1n) is 12.2. The van der Waals surface area contributed by atoms with Crippen LogP contribution in [0.3, 0.4) is 0 Å². The van der Waals surface area contributed by atoms with E-state index in [0.717, 1.165) is 30.8 Å². The fourth-order valence-electron chi connectivity index (χ4n) is 4.30. The number of hydrogen-bond donors (Lipinski definition) is 3. The molecule has 0 amide bonds. The quantitative estimate of drug-likeness (QED) is 0.197. The molecule has 1 saturated carbocycles. The van der Waals surface area contributed by atoms with Crippen molar-refractivity contribution in [2.75, 3.05) is 37.6 Å². The summed E-state index contributed by atoms with van der Waals surface area (Å²) < 4.78 is 42.6. The van der Waals surface area contributed by atoms with Gasteiger partial charge in [0.1, 0.15) is 5.82 Å². The minimum atomic E-state index is -3.64. The highest BCUT2D eigenvalue weighted by molar-refractivity contribution is 9.10. The molecule has 1 unspecified atom stereocenters. The number of sulfonamides is 1. The topological polar surface area (TPSA) is 85.8 Å². The highest BCUT2D eigenvalue weighted by Crippen LogP contribution is 2.27. The molecule has 2 aromatic carbocycles. The zero-order valence-corrected chi connectivity index (χ0v) is 25.5. The third kappa shape index (κ3) is 8.29. The molecule has 0 aromatic heterocycles. The second-order valence-corrected chi connectivity index (χ2v) is 12.4. The predicted molar refractivity (Wildman–Crippen MR) is 157 cm³/mol. The molecule has 0 radical (unpaired) electrons. The number of aryl methyl sites for hydroxylation is 1. The van der Waals surface area contributed by atoms with E-state index in [1.165, 1.54) is 25.3 Å². The lowest BCUT2D eigenvalue weighted by molar-refractivity contribution is 0.325. The molecule has 7 nitrogen and oxygen atoms in total. The highest BCUT2D eigenvalue weighted by atomic mass is 79.9. The Kier molecular flexibility index (Phi) is 11.1. The van der Waals surface area contributed by atoms with Crippen LogP contribution in [0.15, 0.2) is 50.8 Å². The molecule has 1 aliphatic carbocycles. The van der Waals surface area contributed by atoms with E-state index in [9.17, 15) is 12.8 Å². The maximum Gasteiger partial charge on any atom is 0.241 e. The number of anilines is 1. The highest BCUT2D eigenvalue weighted by Gasteiger charge is 2.25. The molecule has 2 aliphatic rings. The van der Waals surface area contributed by atoms with E-state index < -0.39 is 15.8 Å². The fraction of sp³-hybridized carbons (Fsp3) is 0.480. The van der Waals surface area contributed by atoms with Crippen LogP contribution in [0, 0.1) is 18.7 Å². The van der Waals surface area contributed by atoms with Crippen molar-refractivity contribution in [2.45, 2.75) is 43.5 Å². The Morgan fingerprint density at radius 3 is 2.68 bits per heavy atom. The maximum absolute atomic E-state index is 13.9. The summed E-state index contributed by atoms with van der Waals surface area (Å²) in [6.07, 6.45) is 4.52. The van der Waals surface area contributed by atoms with Gasteiger partial charge in [-0.2, -0.15) is 0 Å². The van der Waals surface area contributed by atoms with Crippen LogP contribution < -0.4 is 20.3 Å². The summed E-state index contributed by atoms with van der Waals surface area (Å²) in [6.45, 7) is 4.71. The molecule has 204 valence electrons. The second kappa shape index (κ2) is 13.6. The van der Waals surface area contributed by atoms with Crippen molar-refractivity contribution in [1.82, 2.24) is 15.4 Å². The van der Waals surface area contributed by atoms with Crippen LogP contribution in [-0.4, -0.2) is 53.1 Å². The van der Waals surface area contributed by atoms with Crippen molar-refractivity contribution in [1.29, 1.82) is 0 Å². The largest absolute Gasteiger partial charge is 0.369 e. The van der Waals surface area contributed by atoms with Crippen molar-refractivity contribution < 1.29 is 12.8 Å². The summed E-state index contributed by atoms with van der Waals surface area (Å²) in [4.78, 5) is 7.11. The SMILES string of the molecule is Br.Cc1ccc(Br)c(S(=O)(=O)NCCNC(=NCC2CCC2)NC2CCN(c3ccc(Cl)c(F)c3)C2)c1. The number of guanidine groups is 1. The van der Waals surface area contributed by atoms with E-state index in [1.807, 2.05) is 19.1 Å². The molecule has 37 heavy (non-hydrogen) atoms. The van der Waals surface area contributed by atoms with Gasteiger partial charge in [-0.25, -0.2) is 17.5 Å². The smallest absolute Gasteiger partial charge is 0.241 e. The van der Waals surface area contributed by atoms with Gasteiger partial charge in [0, 0.05) is 48.9 Å². The van der Waals surface area contributed by atoms with Gasteiger partial charge in [-0.15, -0.1) is 17.0 Å². The fourth-order valence-corrected chi connectivity index (χ4v) is 6.49. The molecule has 12 heteroatoms. The molecule has 0 spiro atoms. The van der Waals surface area contributed by atoms with E-state index in [2.05, 4.69) is 36.2 Å². The van der Waals surface area contributed by atoms with Crippen LogP contribution in [0.5, 0.6) is 0 Å². The third-order valence-corrected chi connectivity index (χ3v) is 9.38. The molecule has 4 rings (SSSR count). The lowest BCUT2D eigenvalue weighted by Crippen LogP contribution is -2.47. The molecular weight excluding hydrogens is 649 g/mol. The van der Waals surface area contributed by atoms with Gasteiger partial charge in [-0.05, 0) is 83.9 Å². The molecule has 1 atom stereocenters. The predicted octanol–water partition coefficient (Wildman–Crippen LogP) is 5.02. The maximum atomic E-state index is 13.9. The summed E-state index contributed by atoms with van der Waals surface area (Å²) in [5.74, 6) is 0.861. The summed E-state index contributed by atoms with van der Waals surface area (Å²) in [6, 6.07) is 10.2. The second-order valence-electron chi connectivity index (χ2n) is 9.42. The molecule has 0 bridgehead atoms. The lowest BCUT2D eigenvalue weighted by Gasteiger charge is -2.25. The van der Waals surface area contributed by atoms with Gasteiger partial charge in [-0.1, -0.05) is 24.1 Å². The summed E-state index contributed by atoms with van der Waals surface area (Å²) in [5, 5.41) is 6.88. The van der Waals surface area contributed by atoms with Crippen molar-refractivity contribution in [2.24, 2.45) is 10.9 Å². The number of rotatable bonds is 9. The number of halogens is 4. The number of nitrogens with zero attached hydrogens (tertiary/aromatic N) is 2. The number of benzene rings is 2. The van der Waals surface area contributed by atoms with Gasteiger partial charge in [0.05, 0.1) is 9.92 Å². The van der Waals surface area contributed by atoms with Crippen LogP contribution >= 0.6 is 44.5 Å². The van der Waals surface area contributed by atoms with Crippen LogP contribution in [0.1, 0.15) is 31.2 Å². The average Bonchev–Trinajstić information content (AvgIpc) is 3.27. The minimum absolute atomic E-state index is 0. The van der Waals surface area contributed by atoms with E-state index in [1.54, 1.807) is 18.2 Å². The van der Waals surface area contributed by atoms with Crippen molar-refractivity contribution >= 4 is 66.2 Å². The van der Waals surface area contributed by atoms with E-state index >= 15 is 0 Å². The normalized spacial score (nSPS) is 18.3. The first kappa shape index (κ1) is 30.1. The Balaban J connectivity index is 0.00000380. The Labute approximate surface area is 242 Å². The minimum Gasteiger partial charge on any atom is -0.369 e. The van der Waals surface area contributed by atoms with E-state index in [0.29, 0.717) is 29.4 Å². The van der Waals surface area contributed by atoms with E-state index in [-0.39, 0.29) is 39.5 Å². The Morgan fingerprint density at radius 1 is 1.19 bits per heavy atom. The summed E-state index contributed by atoms with van der Waals surface area (Å²) in [5.41, 5.74) is 1.68. The first-order valence-corrected chi connectivity index (χ1v) is 14.9. The molecule has 1 aliphatic heterocycles. The number of nitrogens with one attached hydrogen (secondary N) is 3. The van der Waals surface area contributed by atoms with Gasteiger partial charge >= 0.3 is 0 Å². The Hall–Kier alpha value is -1.40. The molecule has 2 aromatic rings. The van der Waals surface area contributed by atoms with Crippen molar-refractivity contribution in [3.63, 3.8) is 0 Å². The molecule has 1 saturated heterocycles. The van der Waals surface area contributed by atoms with Gasteiger partial charge in [-0.3, -0.25) is 4.99 Å². The van der Waals surface area contributed by atoms with Gasteiger partial charge in [0.25, 0.3) is 0 Å². The Bertz CT molecular complexity index is 1210. The first-order chi connectivity index (χ1) is 17.2. The zero-order chi connectivity index (χ0) is 25.7. The van der Waals surface area contributed by atoms with Crippen molar-refractivity contribution in [3.8, 4) is 0 Å². The lowest BCUT2D eigenvalue weighted by atomic mass is 9.86. The molecule has 3 N–H and O–H groups in total. The van der Waals surface area contributed by atoms with Crippen LogP contribution in [0.25, 0.3) is 0 Å². The number of aliphatic imine (C=N–C) groups is 1. The number of hydrogen-bond acceptors (Lipinski definition) is 4. The van der Waals surface area contributed by atoms with E-state index in [4.69, 9.17) is 16.6 Å². The van der Waals surface area contributed by atoms with Crippen LogP contribution in [-0.2, 0) is 10.0 Å². The molecule has 1 heterocycles. The molecular formula is C25H33Br2ClFN5O2S. The van der Waals surface area contributed by atoms with Crippen molar-refractivity contribution in [3.05, 3.63) is 57.3 Å². The summed E-state index contributed by atoms with van der Waals surface area (Å²) in [7, 11) is -3.64. The van der Waals surface area contributed by atoms with Gasteiger partial charge < -0.3 is 15.5 Å². The van der Waals surface area contributed by atoms with Gasteiger partial charge in [0.2, 0.25) is 10.0 Å². The van der Waals surface area contributed by atoms with Gasteiger partial charge in [0.15, 0.2) is 5.96 Å². The van der Waals surface area contributed by atoms with Crippen LogP contribution in [0.4, 0.5) is 10.1 Å². The monoisotopic (exact) mass is 679 g/mol. The Morgan fingerprint density at radius 2 is 1.97 bits per heavy atom. The molecule has 2 fully saturated rings. The standard InChI is InChI=1S/C25H32BrClFN5O2S.BrH/c1-17-5-7-21(26)24(13-17)36(34,35)31-11-10-29-25(30-15-18-3-2-4-18)32-19-9-12-33(16-19)20-6-8-22(27)23(28)14-20;/h5-8,13-14,18-19,31H,2-4,9-12,15-16H2,1H3,(H2,29,30,32);1H. The third-order valence-electron chi connectivity index (χ3n) is 6.62. The van der Waals surface area contributed by atoms with Crippen LogP contribution in [0.2, 0.25) is 5.02 Å². The summed E-state index contributed by atoms with van der Waals surface area (Å²) >= 11 is 9.15. The zero-order valence-electron chi connectivity index (χ0n) is 20.6.